The number of benzene rings is 1. The highest BCUT2D eigenvalue weighted by molar-refractivity contribution is 8.00. The molecule has 2 aromatic heterocycles. The van der Waals surface area contributed by atoms with Crippen molar-refractivity contribution >= 4 is 23.4 Å². The van der Waals surface area contributed by atoms with Crippen LogP contribution in [0.3, 0.4) is 0 Å². The highest BCUT2D eigenvalue weighted by Crippen LogP contribution is 2.27. The van der Waals surface area contributed by atoms with Crippen LogP contribution in [0.4, 0.5) is 10.1 Å². The first kappa shape index (κ1) is 19.0. The molecule has 0 aliphatic rings. The van der Waals surface area contributed by atoms with Crippen LogP contribution in [0.5, 0.6) is 0 Å². The number of carbonyl (C=O) groups excluding carboxylic acids is 1. The van der Waals surface area contributed by atoms with E-state index in [1.807, 2.05) is 16.7 Å². The molecule has 0 aliphatic heterocycles. The van der Waals surface area contributed by atoms with E-state index in [-0.39, 0.29) is 11.6 Å². The molecule has 3 rings (SSSR count). The maximum absolute atomic E-state index is 13.7. The van der Waals surface area contributed by atoms with Crippen molar-refractivity contribution in [3.8, 4) is 11.4 Å². The molecule has 0 fully saturated rings. The summed E-state index contributed by atoms with van der Waals surface area (Å²) >= 11 is 1.30. The average molecular weight is 385 g/mol. The SMILES string of the molecule is CCCn1c(SC(C)C(=O)Nc2ccccc2F)nnc1-c1ccncc1. The highest BCUT2D eigenvalue weighted by atomic mass is 32.2. The number of para-hydroxylation sites is 1. The van der Waals surface area contributed by atoms with Gasteiger partial charge in [-0.15, -0.1) is 10.2 Å². The number of anilines is 1. The minimum Gasteiger partial charge on any atom is -0.323 e. The van der Waals surface area contributed by atoms with Crippen molar-refractivity contribution in [3.05, 3.63) is 54.6 Å². The van der Waals surface area contributed by atoms with Crippen LogP contribution in [0.1, 0.15) is 20.3 Å². The summed E-state index contributed by atoms with van der Waals surface area (Å²) in [4.78, 5) is 16.5. The van der Waals surface area contributed by atoms with Gasteiger partial charge in [-0.3, -0.25) is 9.78 Å². The predicted octanol–water partition coefficient (Wildman–Crippen LogP) is 4.01. The number of hydrogen-bond acceptors (Lipinski definition) is 5. The molecule has 0 saturated heterocycles. The number of carbonyl (C=O) groups is 1. The van der Waals surface area contributed by atoms with Gasteiger partial charge in [0.25, 0.3) is 0 Å². The lowest BCUT2D eigenvalue weighted by molar-refractivity contribution is -0.115. The Bertz CT molecular complexity index is 915. The standard InChI is InChI=1S/C19H20FN5OS/c1-3-12-25-17(14-8-10-21-11-9-14)23-24-19(25)27-13(2)18(26)22-16-7-5-4-6-15(16)20/h4-11,13H,3,12H2,1-2H3,(H,22,26). The largest absolute Gasteiger partial charge is 0.323 e. The Kier molecular flexibility index (Phi) is 6.18. The minimum atomic E-state index is -0.463. The third kappa shape index (κ3) is 4.51. The zero-order valence-corrected chi connectivity index (χ0v) is 15.9. The second-order valence-corrected chi connectivity index (χ2v) is 7.23. The third-order valence-corrected chi connectivity index (χ3v) is 4.97. The summed E-state index contributed by atoms with van der Waals surface area (Å²) in [5, 5.41) is 11.4. The fraction of sp³-hybridized carbons (Fsp3) is 0.263. The Balaban J connectivity index is 1.77. The second-order valence-electron chi connectivity index (χ2n) is 5.92. The number of nitrogens with zero attached hydrogens (tertiary/aromatic N) is 4. The smallest absolute Gasteiger partial charge is 0.237 e. The van der Waals surface area contributed by atoms with Crippen LogP contribution in [-0.4, -0.2) is 30.9 Å². The van der Waals surface area contributed by atoms with Crippen LogP contribution >= 0.6 is 11.8 Å². The molecule has 140 valence electrons. The summed E-state index contributed by atoms with van der Waals surface area (Å²) in [6, 6.07) is 9.85. The molecule has 2 heterocycles. The number of aromatic nitrogens is 4. The lowest BCUT2D eigenvalue weighted by Crippen LogP contribution is -2.23. The molecule has 0 saturated carbocycles. The van der Waals surface area contributed by atoms with Gasteiger partial charge in [0.2, 0.25) is 5.91 Å². The molecule has 3 aromatic rings. The number of thioether (sulfide) groups is 1. The topological polar surface area (TPSA) is 72.7 Å². The van der Waals surface area contributed by atoms with Crippen LogP contribution in [0, 0.1) is 5.82 Å². The first-order chi connectivity index (χ1) is 13.1. The van der Waals surface area contributed by atoms with Crippen molar-refractivity contribution in [1.82, 2.24) is 19.7 Å². The number of rotatable bonds is 7. The molecule has 0 radical (unpaired) electrons. The van der Waals surface area contributed by atoms with Crippen LogP contribution in [0.25, 0.3) is 11.4 Å². The first-order valence-electron chi connectivity index (χ1n) is 8.65. The van der Waals surface area contributed by atoms with Gasteiger partial charge in [-0.1, -0.05) is 30.8 Å². The van der Waals surface area contributed by atoms with Gasteiger partial charge in [-0.2, -0.15) is 0 Å². The summed E-state index contributed by atoms with van der Waals surface area (Å²) in [5.41, 5.74) is 1.09. The molecular weight excluding hydrogens is 365 g/mol. The number of hydrogen-bond donors (Lipinski definition) is 1. The van der Waals surface area contributed by atoms with Crippen LogP contribution in [-0.2, 0) is 11.3 Å². The Morgan fingerprint density at radius 3 is 2.67 bits per heavy atom. The Morgan fingerprint density at radius 1 is 1.22 bits per heavy atom. The molecule has 0 bridgehead atoms. The molecule has 27 heavy (non-hydrogen) atoms. The molecule has 6 nitrogen and oxygen atoms in total. The molecule has 1 atom stereocenters. The van der Waals surface area contributed by atoms with Crippen molar-refractivity contribution in [2.75, 3.05) is 5.32 Å². The van der Waals surface area contributed by atoms with Crippen LogP contribution < -0.4 is 5.32 Å². The van der Waals surface area contributed by atoms with Gasteiger partial charge in [-0.05, 0) is 37.6 Å². The van der Waals surface area contributed by atoms with Gasteiger partial charge < -0.3 is 9.88 Å². The molecule has 0 spiro atoms. The summed E-state index contributed by atoms with van der Waals surface area (Å²) in [6.45, 7) is 4.56. The van der Waals surface area contributed by atoms with Crippen molar-refractivity contribution in [2.24, 2.45) is 0 Å². The summed E-state index contributed by atoms with van der Waals surface area (Å²) in [6.07, 6.45) is 4.31. The molecule has 1 amide bonds. The molecule has 1 aromatic carbocycles. The zero-order valence-electron chi connectivity index (χ0n) is 15.1. The fourth-order valence-corrected chi connectivity index (χ4v) is 3.40. The monoisotopic (exact) mass is 385 g/mol. The fourth-order valence-electron chi connectivity index (χ4n) is 2.52. The van der Waals surface area contributed by atoms with Crippen LogP contribution in [0.15, 0.2) is 53.9 Å². The summed E-state index contributed by atoms with van der Waals surface area (Å²) < 4.78 is 15.7. The van der Waals surface area contributed by atoms with E-state index in [2.05, 4.69) is 27.4 Å². The van der Waals surface area contributed by atoms with Crippen LogP contribution in [0.2, 0.25) is 0 Å². The zero-order chi connectivity index (χ0) is 19.2. The quantitative estimate of drug-likeness (QED) is 0.622. The molecule has 1 unspecified atom stereocenters. The summed E-state index contributed by atoms with van der Waals surface area (Å²) in [5.74, 6) is -0.0118. The van der Waals surface area contributed by atoms with Crippen molar-refractivity contribution in [2.45, 2.75) is 37.2 Å². The summed E-state index contributed by atoms with van der Waals surface area (Å²) in [7, 11) is 0. The van der Waals surface area contributed by atoms with Gasteiger partial charge >= 0.3 is 0 Å². The highest BCUT2D eigenvalue weighted by Gasteiger charge is 2.21. The van der Waals surface area contributed by atoms with Gasteiger partial charge in [0.1, 0.15) is 5.82 Å². The average Bonchev–Trinajstić information content (AvgIpc) is 3.07. The van der Waals surface area contributed by atoms with E-state index < -0.39 is 11.1 Å². The molecule has 8 heteroatoms. The van der Waals surface area contributed by atoms with Crippen molar-refractivity contribution < 1.29 is 9.18 Å². The van der Waals surface area contributed by atoms with Gasteiger partial charge in [0.15, 0.2) is 11.0 Å². The van der Waals surface area contributed by atoms with Gasteiger partial charge in [0, 0.05) is 24.5 Å². The van der Waals surface area contributed by atoms with E-state index in [9.17, 15) is 9.18 Å². The van der Waals surface area contributed by atoms with Gasteiger partial charge in [-0.25, -0.2) is 4.39 Å². The predicted molar refractivity (Wildman–Crippen MR) is 104 cm³/mol. The minimum absolute atomic E-state index is 0.169. The van der Waals surface area contributed by atoms with Crippen molar-refractivity contribution in [1.29, 1.82) is 0 Å². The van der Waals surface area contributed by atoms with E-state index >= 15 is 0 Å². The normalized spacial score (nSPS) is 12.0. The maximum Gasteiger partial charge on any atom is 0.237 e. The number of pyridine rings is 1. The van der Waals surface area contributed by atoms with E-state index in [0.29, 0.717) is 5.16 Å². The number of nitrogens with one attached hydrogen (secondary N) is 1. The Morgan fingerprint density at radius 2 is 1.96 bits per heavy atom. The first-order valence-corrected chi connectivity index (χ1v) is 9.53. The molecule has 1 N–H and O–H groups in total. The number of amides is 1. The Labute approximate surface area is 161 Å². The second kappa shape index (κ2) is 8.77. The maximum atomic E-state index is 13.7. The number of halogens is 1. The lowest BCUT2D eigenvalue weighted by atomic mass is 10.2. The van der Waals surface area contributed by atoms with Crippen molar-refractivity contribution in [3.63, 3.8) is 0 Å². The van der Waals surface area contributed by atoms with E-state index in [0.717, 1.165) is 24.4 Å². The molecule has 0 aliphatic carbocycles. The Hall–Kier alpha value is -2.74. The van der Waals surface area contributed by atoms with E-state index in [1.165, 1.54) is 23.9 Å². The van der Waals surface area contributed by atoms with Gasteiger partial charge in [0.05, 0.1) is 10.9 Å². The van der Waals surface area contributed by atoms with E-state index in [4.69, 9.17) is 0 Å². The third-order valence-electron chi connectivity index (χ3n) is 3.89. The van der Waals surface area contributed by atoms with E-state index in [1.54, 1.807) is 31.5 Å². The lowest BCUT2D eigenvalue weighted by Gasteiger charge is -2.13. The molecular formula is C19H20FN5OS.